The second kappa shape index (κ2) is 6.18. The van der Waals surface area contributed by atoms with E-state index in [1.54, 1.807) is 20.3 Å². The number of methoxy groups -OCH3 is 2. The number of allylic oxidation sites excluding steroid dienone is 1. The summed E-state index contributed by atoms with van der Waals surface area (Å²) in [5, 5.41) is 2.76. The van der Waals surface area contributed by atoms with Gasteiger partial charge in [-0.15, -0.1) is 0 Å². The molecule has 0 saturated carbocycles. The summed E-state index contributed by atoms with van der Waals surface area (Å²) < 4.78 is 16.5. The number of rotatable bonds is 5. The summed E-state index contributed by atoms with van der Waals surface area (Å²) in [6.45, 7) is 6.39. The molecular weight excluding hydrogens is 270 g/mol. The predicted octanol–water partition coefficient (Wildman–Crippen LogP) is 2.74. The van der Waals surface area contributed by atoms with Crippen LogP contribution in [0.3, 0.4) is 0 Å². The van der Waals surface area contributed by atoms with Crippen LogP contribution < -0.4 is 14.8 Å². The van der Waals surface area contributed by atoms with Crippen molar-refractivity contribution in [2.45, 2.75) is 27.0 Å². The van der Waals surface area contributed by atoms with Crippen LogP contribution in [0.1, 0.15) is 41.6 Å². The molecule has 1 aliphatic heterocycles. The Balaban J connectivity index is 2.44. The fourth-order valence-electron chi connectivity index (χ4n) is 2.36. The third-order valence-electron chi connectivity index (χ3n) is 3.46. The summed E-state index contributed by atoms with van der Waals surface area (Å²) >= 11 is 0. The first-order valence-corrected chi connectivity index (χ1v) is 6.80. The molecule has 1 aromatic carbocycles. The Hall–Kier alpha value is -2.01. The van der Waals surface area contributed by atoms with Crippen LogP contribution in [-0.2, 0) is 4.74 Å². The second-order valence-electron chi connectivity index (χ2n) is 5.18. The maximum Gasteiger partial charge on any atom is 0.254 e. The maximum absolute atomic E-state index is 12.0. The van der Waals surface area contributed by atoms with E-state index in [0.29, 0.717) is 23.7 Å². The number of hydrogen-bond acceptors (Lipinski definition) is 4. The summed E-state index contributed by atoms with van der Waals surface area (Å²) in [4.78, 5) is 12.0. The van der Waals surface area contributed by atoms with E-state index in [1.807, 2.05) is 26.8 Å². The smallest absolute Gasteiger partial charge is 0.254 e. The number of fused-ring (bicyclic) bond motifs is 1. The maximum atomic E-state index is 12.0. The van der Waals surface area contributed by atoms with Gasteiger partial charge < -0.3 is 19.5 Å². The SMILES string of the molecule is COc1c(C)c(OCC=C(C)C)cc2c1C(OC)NC2=O. The molecule has 1 unspecified atom stereocenters. The van der Waals surface area contributed by atoms with Gasteiger partial charge in [0.1, 0.15) is 18.1 Å². The summed E-state index contributed by atoms with van der Waals surface area (Å²) in [5.74, 6) is 1.10. The number of ether oxygens (including phenoxy) is 3. The Morgan fingerprint density at radius 3 is 2.67 bits per heavy atom. The standard InChI is InChI=1S/C16H21NO4/c1-9(2)6-7-21-12-8-11-13(14(19-4)10(12)3)16(20-5)17-15(11)18/h6,8,16H,7H2,1-5H3,(H,17,18). The first-order chi connectivity index (χ1) is 9.99. The van der Waals surface area contributed by atoms with Crippen molar-refractivity contribution in [2.75, 3.05) is 20.8 Å². The van der Waals surface area contributed by atoms with Crippen LogP contribution in [0.4, 0.5) is 0 Å². The highest BCUT2D eigenvalue weighted by molar-refractivity contribution is 6.00. The number of benzene rings is 1. The van der Waals surface area contributed by atoms with Gasteiger partial charge in [-0.25, -0.2) is 0 Å². The van der Waals surface area contributed by atoms with E-state index >= 15 is 0 Å². The summed E-state index contributed by atoms with van der Waals surface area (Å²) in [5.41, 5.74) is 3.31. The van der Waals surface area contributed by atoms with Gasteiger partial charge in [-0.2, -0.15) is 0 Å². The van der Waals surface area contributed by atoms with E-state index in [4.69, 9.17) is 14.2 Å². The number of nitrogens with one attached hydrogen (secondary N) is 1. The van der Waals surface area contributed by atoms with Crippen LogP contribution in [0.15, 0.2) is 17.7 Å². The van der Waals surface area contributed by atoms with Crippen molar-refractivity contribution in [3.05, 3.63) is 34.4 Å². The molecule has 1 amide bonds. The van der Waals surface area contributed by atoms with E-state index in [1.165, 1.54) is 5.57 Å². The first-order valence-electron chi connectivity index (χ1n) is 6.80. The van der Waals surface area contributed by atoms with Crippen LogP contribution in [0.2, 0.25) is 0 Å². The fraction of sp³-hybridized carbons (Fsp3) is 0.438. The Labute approximate surface area is 124 Å². The lowest BCUT2D eigenvalue weighted by Gasteiger charge is -2.17. The molecule has 5 heteroatoms. The molecule has 0 radical (unpaired) electrons. The lowest BCUT2D eigenvalue weighted by atomic mass is 10.0. The van der Waals surface area contributed by atoms with Crippen molar-refractivity contribution in [3.8, 4) is 11.5 Å². The minimum absolute atomic E-state index is 0.179. The Morgan fingerprint density at radius 1 is 1.38 bits per heavy atom. The van der Waals surface area contributed by atoms with Gasteiger partial charge >= 0.3 is 0 Å². The van der Waals surface area contributed by atoms with E-state index < -0.39 is 6.23 Å². The zero-order valence-electron chi connectivity index (χ0n) is 13.1. The van der Waals surface area contributed by atoms with E-state index in [0.717, 1.165) is 11.1 Å². The van der Waals surface area contributed by atoms with E-state index in [-0.39, 0.29) is 5.91 Å². The van der Waals surface area contributed by atoms with Crippen molar-refractivity contribution < 1.29 is 19.0 Å². The minimum atomic E-state index is -0.479. The van der Waals surface area contributed by atoms with Gasteiger partial charge in [-0.3, -0.25) is 4.79 Å². The predicted molar refractivity (Wildman–Crippen MR) is 79.9 cm³/mol. The van der Waals surface area contributed by atoms with Crippen molar-refractivity contribution in [1.82, 2.24) is 5.32 Å². The number of carbonyl (C=O) groups is 1. The molecule has 0 spiro atoms. The van der Waals surface area contributed by atoms with Gasteiger partial charge in [0.05, 0.1) is 18.2 Å². The quantitative estimate of drug-likeness (QED) is 0.848. The zero-order chi connectivity index (χ0) is 15.6. The van der Waals surface area contributed by atoms with E-state index in [9.17, 15) is 4.79 Å². The highest BCUT2D eigenvalue weighted by atomic mass is 16.5. The van der Waals surface area contributed by atoms with Gasteiger partial charge in [0.25, 0.3) is 5.91 Å². The Kier molecular flexibility index (Phi) is 4.53. The molecule has 1 aliphatic rings. The van der Waals surface area contributed by atoms with Crippen molar-refractivity contribution in [1.29, 1.82) is 0 Å². The molecule has 21 heavy (non-hydrogen) atoms. The molecule has 0 fully saturated rings. The average molecular weight is 291 g/mol. The van der Waals surface area contributed by atoms with Gasteiger partial charge in [0, 0.05) is 12.7 Å². The second-order valence-corrected chi connectivity index (χ2v) is 5.18. The highest BCUT2D eigenvalue weighted by Crippen LogP contribution is 2.41. The molecule has 1 aromatic rings. The molecule has 0 bridgehead atoms. The van der Waals surface area contributed by atoms with Crippen LogP contribution in [-0.4, -0.2) is 26.7 Å². The Bertz CT molecular complexity index is 588. The normalized spacial score (nSPS) is 16.2. The molecule has 1 atom stereocenters. The van der Waals surface area contributed by atoms with Crippen molar-refractivity contribution >= 4 is 5.91 Å². The monoisotopic (exact) mass is 291 g/mol. The largest absolute Gasteiger partial charge is 0.496 e. The Morgan fingerprint density at radius 2 is 2.10 bits per heavy atom. The molecule has 5 nitrogen and oxygen atoms in total. The number of hydrogen-bond donors (Lipinski definition) is 1. The average Bonchev–Trinajstić information content (AvgIpc) is 2.75. The molecule has 0 aliphatic carbocycles. The first kappa shape index (κ1) is 15.4. The molecule has 0 aromatic heterocycles. The van der Waals surface area contributed by atoms with Gasteiger partial charge in [0.2, 0.25) is 0 Å². The third kappa shape index (κ3) is 2.88. The number of carbonyl (C=O) groups excluding carboxylic acids is 1. The van der Waals surface area contributed by atoms with Crippen LogP contribution in [0, 0.1) is 6.92 Å². The van der Waals surface area contributed by atoms with Crippen LogP contribution in [0.25, 0.3) is 0 Å². The van der Waals surface area contributed by atoms with Gasteiger partial charge in [-0.05, 0) is 32.9 Å². The van der Waals surface area contributed by atoms with E-state index in [2.05, 4.69) is 5.32 Å². The molecule has 1 heterocycles. The topological polar surface area (TPSA) is 56.8 Å². The molecule has 0 saturated heterocycles. The van der Waals surface area contributed by atoms with Crippen LogP contribution in [0.5, 0.6) is 11.5 Å². The summed E-state index contributed by atoms with van der Waals surface area (Å²) in [6.07, 6.45) is 1.50. The molecule has 2 rings (SSSR count). The summed E-state index contributed by atoms with van der Waals surface area (Å²) in [6, 6.07) is 1.75. The third-order valence-corrected chi connectivity index (χ3v) is 3.46. The van der Waals surface area contributed by atoms with Gasteiger partial charge in [0.15, 0.2) is 6.23 Å². The van der Waals surface area contributed by atoms with Crippen molar-refractivity contribution in [3.63, 3.8) is 0 Å². The lowest BCUT2D eigenvalue weighted by molar-refractivity contribution is 0.0657. The molecule has 1 N–H and O–H groups in total. The minimum Gasteiger partial charge on any atom is -0.496 e. The highest BCUT2D eigenvalue weighted by Gasteiger charge is 2.34. The fourth-order valence-corrected chi connectivity index (χ4v) is 2.36. The van der Waals surface area contributed by atoms with Gasteiger partial charge in [-0.1, -0.05) is 5.57 Å². The lowest BCUT2D eigenvalue weighted by Crippen LogP contribution is -2.20. The van der Waals surface area contributed by atoms with Crippen LogP contribution >= 0.6 is 0 Å². The number of amides is 1. The summed E-state index contributed by atoms with van der Waals surface area (Å²) in [7, 11) is 3.13. The molecule has 114 valence electrons. The molecular formula is C16H21NO4. The zero-order valence-corrected chi connectivity index (χ0v) is 13.1. The van der Waals surface area contributed by atoms with Crippen molar-refractivity contribution in [2.24, 2.45) is 0 Å².